The molecule has 1 aromatic rings. The summed E-state index contributed by atoms with van der Waals surface area (Å²) in [4.78, 5) is 14.1. The van der Waals surface area contributed by atoms with E-state index in [0.29, 0.717) is 6.42 Å². The van der Waals surface area contributed by atoms with Crippen LogP contribution in [-0.4, -0.2) is 32.6 Å². The first kappa shape index (κ1) is 14.7. The molecule has 0 fully saturated rings. The third-order valence-electron chi connectivity index (χ3n) is 3.19. The molecule has 1 aromatic carbocycles. The van der Waals surface area contributed by atoms with Crippen LogP contribution in [0.25, 0.3) is 0 Å². The van der Waals surface area contributed by atoms with E-state index in [-0.39, 0.29) is 11.4 Å². The predicted molar refractivity (Wildman–Crippen MR) is 75.4 cm³/mol. The second-order valence-electron chi connectivity index (χ2n) is 5.33. The Morgan fingerprint density at radius 3 is 2.56 bits per heavy atom. The summed E-state index contributed by atoms with van der Waals surface area (Å²) in [5.74, 6) is 0.170. The van der Waals surface area contributed by atoms with E-state index >= 15 is 0 Å². The van der Waals surface area contributed by atoms with E-state index in [2.05, 4.69) is 0 Å². The maximum absolute atomic E-state index is 12.1. The maximum atomic E-state index is 12.1. The number of carbonyl (C=O) groups excluding carboxylic acids is 1. The lowest BCUT2D eigenvalue weighted by atomic mass is 9.97. The zero-order chi connectivity index (χ0) is 13.8. The van der Waals surface area contributed by atoms with Crippen molar-refractivity contribution in [2.75, 3.05) is 26.1 Å². The molecule has 0 amide bonds. The zero-order valence-electron chi connectivity index (χ0n) is 12.0. The van der Waals surface area contributed by atoms with Gasteiger partial charge in [-0.3, -0.25) is 4.79 Å². The SMILES string of the molecule is COC(C)(C)CCC(=O)c1cccc(N(C)C)c1. The summed E-state index contributed by atoms with van der Waals surface area (Å²) in [5, 5.41) is 0. The van der Waals surface area contributed by atoms with Gasteiger partial charge in [0.15, 0.2) is 5.78 Å². The molecule has 0 radical (unpaired) electrons. The Hall–Kier alpha value is -1.35. The molecule has 0 spiro atoms. The van der Waals surface area contributed by atoms with E-state index in [1.54, 1.807) is 7.11 Å². The van der Waals surface area contributed by atoms with Crippen LogP contribution in [0.2, 0.25) is 0 Å². The van der Waals surface area contributed by atoms with Gasteiger partial charge in [-0.2, -0.15) is 0 Å². The molecular weight excluding hydrogens is 226 g/mol. The summed E-state index contributed by atoms with van der Waals surface area (Å²) in [6.45, 7) is 3.99. The van der Waals surface area contributed by atoms with E-state index in [4.69, 9.17) is 4.74 Å². The second kappa shape index (κ2) is 6.01. The van der Waals surface area contributed by atoms with Crippen LogP contribution in [0.5, 0.6) is 0 Å². The van der Waals surface area contributed by atoms with Crippen molar-refractivity contribution in [1.82, 2.24) is 0 Å². The van der Waals surface area contributed by atoms with Gasteiger partial charge in [0.1, 0.15) is 0 Å². The highest BCUT2D eigenvalue weighted by molar-refractivity contribution is 5.96. The number of carbonyl (C=O) groups is 1. The van der Waals surface area contributed by atoms with Crippen molar-refractivity contribution < 1.29 is 9.53 Å². The van der Waals surface area contributed by atoms with Crippen LogP contribution in [0.15, 0.2) is 24.3 Å². The molecule has 0 aliphatic heterocycles. The standard InChI is InChI=1S/C15H23NO2/c1-15(2,18-5)10-9-14(17)12-7-6-8-13(11-12)16(3)4/h6-8,11H,9-10H2,1-5H3. The van der Waals surface area contributed by atoms with Crippen molar-refractivity contribution >= 4 is 11.5 Å². The fourth-order valence-electron chi connectivity index (χ4n) is 1.62. The van der Waals surface area contributed by atoms with E-state index in [1.807, 2.05) is 57.1 Å². The number of methoxy groups -OCH3 is 1. The summed E-state index contributed by atoms with van der Waals surface area (Å²) < 4.78 is 5.33. The Morgan fingerprint density at radius 2 is 2.00 bits per heavy atom. The first-order chi connectivity index (χ1) is 8.35. The fraction of sp³-hybridized carbons (Fsp3) is 0.533. The van der Waals surface area contributed by atoms with Crippen LogP contribution in [0, 0.1) is 0 Å². The van der Waals surface area contributed by atoms with Crippen LogP contribution >= 0.6 is 0 Å². The molecule has 1 rings (SSSR count). The van der Waals surface area contributed by atoms with Gasteiger partial charge in [0.2, 0.25) is 0 Å². The van der Waals surface area contributed by atoms with Gasteiger partial charge in [-0.25, -0.2) is 0 Å². The van der Waals surface area contributed by atoms with Gasteiger partial charge in [-0.15, -0.1) is 0 Å². The average Bonchev–Trinajstić information content (AvgIpc) is 2.36. The molecule has 0 aliphatic carbocycles. The van der Waals surface area contributed by atoms with E-state index in [9.17, 15) is 4.79 Å². The Labute approximate surface area is 110 Å². The first-order valence-electron chi connectivity index (χ1n) is 6.21. The van der Waals surface area contributed by atoms with Crippen LogP contribution in [0.3, 0.4) is 0 Å². The van der Waals surface area contributed by atoms with Crippen molar-refractivity contribution in [1.29, 1.82) is 0 Å². The minimum Gasteiger partial charge on any atom is -0.379 e. The van der Waals surface area contributed by atoms with Gasteiger partial charge in [0.25, 0.3) is 0 Å². The molecule has 0 aromatic heterocycles. The van der Waals surface area contributed by atoms with Crippen LogP contribution in [0.4, 0.5) is 5.69 Å². The number of anilines is 1. The fourth-order valence-corrected chi connectivity index (χ4v) is 1.62. The molecule has 0 heterocycles. The Balaban J connectivity index is 2.70. The molecule has 0 unspecified atom stereocenters. The number of nitrogens with zero attached hydrogens (tertiary/aromatic N) is 1. The second-order valence-corrected chi connectivity index (χ2v) is 5.33. The molecular formula is C15H23NO2. The predicted octanol–water partition coefficient (Wildman–Crippen LogP) is 3.14. The normalized spacial score (nSPS) is 11.4. The van der Waals surface area contributed by atoms with Gasteiger partial charge in [-0.1, -0.05) is 12.1 Å². The van der Waals surface area contributed by atoms with Crippen molar-refractivity contribution in [2.24, 2.45) is 0 Å². The number of rotatable bonds is 6. The number of ether oxygens (including phenoxy) is 1. The van der Waals surface area contributed by atoms with Gasteiger partial charge in [0.05, 0.1) is 5.60 Å². The van der Waals surface area contributed by atoms with Crippen LogP contribution in [0.1, 0.15) is 37.0 Å². The van der Waals surface area contributed by atoms with E-state index < -0.39 is 0 Å². The van der Waals surface area contributed by atoms with Crippen molar-refractivity contribution in [2.45, 2.75) is 32.3 Å². The van der Waals surface area contributed by atoms with Gasteiger partial charge in [0, 0.05) is 38.9 Å². The molecule has 3 heteroatoms. The van der Waals surface area contributed by atoms with Crippen molar-refractivity contribution in [3.63, 3.8) is 0 Å². The van der Waals surface area contributed by atoms with E-state index in [1.165, 1.54) is 0 Å². The number of benzene rings is 1. The quantitative estimate of drug-likeness (QED) is 0.725. The van der Waals surface area contributed by atoms with Crippen molar-refractivity contribution in [3.05, 3.63) is 29.8 Å². The summed E-state index contributed by atoms with van der Waals surface area (Å²) >= 11 is 0. The first-order valence-corrected chi connectivity index (χ1v) is 6.21. The third kappa shape index (κ3) is 4.15. The average molecular weight is 249 g/mol. The highest BCUT2D eigenvalue weighted by Crippen LogP contribution is 2.19. The van der Waals surface area contributed by atoms with E-state index in [0.717, 1.165) is 17.7 Å². The molecule has 0 atom stereocenters. The Morgan fingerprint density at radius 1 is 1.33 bits per heavy atom. The highest BCUT2D eigenvalue weighted by Gasteiger charge is 2.18. The largest absolute Gasteiger partial charge is 0.379 e. The number of Topliss-reactive ketones (excluding diaryl/α,β-unsaturated/α-hetero) is 1. The van der Waals surface area contributed by atoms with Gasteiger partial charge in [-0.05, 0) is 32.4 Å². The van der Waals surface area contributed by atoms with Crippen molar-refractivity contribution in [3.8, 4) is 0 Å². The summed E-state index contributed by atoms with van der Waals surface area (Å²) in [5.41, 5.74) is 1.58. The molecule has 3 nitrogen and oxygen atoms in total. The van der Waals surface area contributed by atoms with Gasteiger partial charge >= 0.3 is 0 Å². The molecule has 0 bridgehead atoms. The molecule has 18 heavy (non-hydrogen) atoms. The topological polar surface area (TPSA) is 29.5 Å². The van der Waals surface area contributed by atoms with Crippen LogP contribution in [-0.2, 0) is 4.74 Å². The Bertz CT molecular complexity index is 411. The van der Waals surface area contributed by atoms with Crippen LogP contribution < -0.4 is 4.90 Å². The number of hydrogen-bond acceptors (Lipinski definition) is 3. The minimum atomic E-state index is -0.241. The lowest BCUT2D eigenvalue weighted by Crippen LogP contribution is -2.23. The Kier molecular flexibility index (Phi) is 4.91. The lowest BCUT2D eigenvalue weighted by Gasteiger charge is -2.22. The molecule has 0 saturated heterocycles. The van der Waals surface area contributed by atoms with Gasteiger partial charge < -0.3 is 9.64 Å². The number of ketones is 1. The summed E-state index contributed by atoms with van der Waals surface area (Å²) in [6.07, 6.45) is 1.24. The monoisotopic (exact) mass is 249 g/mol. The minimum absolute atomic E-state index is 0.170. The molecule has 0 saturated carbocycles. The third-order valence-corrected chi connectivity index (χ3v) is 3.19. The molecule has 0 N–H and O–H groups in total. The highest BCUT2D eigenvalue weighted by atomic mass is 16.5. The maximum Gasteiger partial charge on any atom is 0.163 e. The summed E-state index contributed by atoms with van der Waals surface area (Å²) in [7, 11) is 5.62. The zero-order valence-corrected chi connectivity index (χ0v) is 12.0. The molecule has 0 aliphatic rings. The smallest absolute Gasteiger partial charge is 0.163 e. The lowest BCUT2D eigenvalue weighted by molar-refractivity contribution is 0.0141. The number of hydrogen-bond donors (Lipinski definition) is 0. The molecule has 100 valence electrons. The summed E-state index contributed by atoms with van der Waals surface area (Å²) in [6, 6.07) is 7.72.